The minimum atomic E-state index is 0.386. The Hall–Kier alpha value is -2.15. The molecular formula is C19H19Cl2N5S. The van der Waals surface area contributed by atoms with E-state index < -0.39 is 0 Å². The van der Waals surface area contributed by atoms with Crippen molar-refractivity contribution in [1.82, 2.24) is 14.9 Å². The smallest absolute Gasteiger partial charge is 0.216 e. The normalized spacial score (nSPS) is 11.3. The van der Waals surface area contributed by atoms with Crippen LogP contribution >= 0.6 is 35.4 Å². The second-order valence-electron chi connectivity index (χ2n) is 5.76. The third kappa shape index (κ3) is 4.24. The first-order valence-electron chi connectivity index (χ1n) is 8.56. The zero-order valence-corrected chi connectivity index (χ0v) is 17.3. The third-order valence-electron chi connectivity index (χ3n) is 4.21. The summed E-state index contributed by atoms with van der Waals surface area (Å²) in [6, 6.07) is 13.5. The molecule has 0 bridgehead atoms. The number of hydrogen-bond acceptors (Lipinski definition) is 4. The molecule has 1 aromatic heterocycles. The number of halogens is 2. The Labute approximate surface area is 173 Å². The number of nitrogens with zero attached hydrogens (tertiary/aromatic N) is 4. The monoisotopic (exact) mass is 419 g/mol. The van der Waals surface area contributed by atoms with Gasteiger partial charge in [0.1, 0.15) is 0 Å². The van der Waals surface area contributed by atoms with E-state index in [1.54, 1.807) is 29.1 Å². The van der Waals surface area contributed by atoms with Crippen LogP contribution < -0.4 is 4.90 Å². The molecule has 0 aliphatic rings. The molecule has 0 unspecified atom stereocenters. The maximum absolute atomic E-state index is 6.20. The van der Waals surface area contributed by atoms with E-state index in [1.807, 2.05) is 12.1 Å². The average molecular weight is 420 g/mol. The van der Waals surface area contributed by atoms with Crippen molar-refractivity contribution in [3.8, 4) is 11.4 Å². The van der Waals surface area contributed by atoms with Crippen LogP contribution in [0.2, 0.25) is 10.0 Å². The molecule has 5 nitrogen and oxygen atoms in total. The molecule has 0 atom stereocenters. The van der Waals surface area contributed by atoms with Gasteiger partial charge < -0.3 is 4.90 Å². The third-order valence-corrected chi connectivity index (χ3v) is 5.13. The van der Waals surface area contributed by atoms with E-state index in [9.17, 15) is 0 Å². The molecule has 0 aliphatic heterocycles. The second-order valence-corrected chi connectivity index (χ2v) is 6.96. The minimum Gasteiger partial charge on any atom is -0.372 e. The molecule has 140 valence electrons. The number of benzene rings is 2. The van der Waals surface area contributed by atoms with E-state index in [0.717, 1.165) is 24.3 Å². The van der Waals surface area contributed by atoms with Crippen molar-refractivity contribution in [2.24, 2.45) is 5.10 Å². The van der Waals surface area contributed by atoms with Crippen LogP contribution in [0, 0.1) is 4.77 Å². The topological polar surface area (TPSA) is 49.2 Å². The van der Waals surface area contributed by atoms with Gasteiger partial charge in [0, 0.05) is 29.9 Å². The highest BCUT2D eigenvalue weighted by Gasteiger charge is 2.10. The van der Waals surface area contributed by atoms with Crippen LogP contribution in [0.25, 0.3) is 11.4 Å². The molecule has 0 radical (unpaired) electrons. The standard InChI is InChI=1S/C19H19Cl2N5S/c1-3-25(4-2)14-10-8-13(9-11-14)18-23-24-19(27)26(18)22-12-15-16(20)6-5-7-17(15)21/h5-12H,3-4H2,1-2H3,(H,24,27). The second kappa shape index (κ2) is 8.69. The van der Waals surface area contributed by atoms with Gasteiger partial charge >= 0.3 is 0 Å². The number of aromatic amines is 1. The van der Waals surface area contributed by atoms with Gasteiger partial charge in [-0.3, -0.25) is 0 Å². The maximum Gasteiger partial charge on any atom is 0.216 e. The summed E-state index contributed by atoms with van der Waals surface area (Å²) in [5.41, 5.74) is 2.70. The van der Waals surface area contributed by atoms with Crippen LogP contribution in [-0.4, -0.2) is 34.2 Å². The Morgan fingerprint density at radius 1 is 1.11 bits per heavy atom. The maximum atomic E-state index is 6.20. The molecule has 0 aliphatic carbocycles. The number of aromatic nitrogens is 3. The summed E-state index contributed by atoms with van der Waals surface area (Å²) in [5, 5.41) is 12.6. The molecule has 8 heteroatoms. The van der Waals surface area contributed by atoms with Crippen molar-refractivity contribution in [2.45, 2.75) is 13.8 Å². The summed E-state index contributed by atoms with van der Waals surface area (Å²) in [6.45, 7) is 6.18. The first-order chi connectivity index (χ1) is 13.0. The fraction of sp³-hybridized carbons (Fsp3) is 0.211. The van der Waals surface area contributed by atoms with Crippen LogP contribution in [0.5, 0.6) is 0 Å². The van der Waals surface area contributed by atoms with Crippen molar-refractivity contribution in [2.75, 3.05) is 18.0 Å². The van der Waals surface area contributed by atoms with E-state index in [2.05, 4.69) is 46.2 Å². The van der Waals surface area contributed by atoms with E-state index in [1.165, 1.54) is 0 Å². The lowest BCUT2D eigenvalue weighted by atomic mass is 10.2. The zero-order valence-electron chi connectivity index (χ0n) is 15.0. The van der Waals surface area contributed by atoms with E-state index in [0.29, 0.717) is 26.2 Å². The molecule has 1 N–H and O–H groups in total. The van der Waals surface area contributed by atoms with Crippen molar-refractivity contribution < 1.29 is 0 Å². The van der Waals surface area contributed by atoms with Gasteiger partial charge in [-0.05, 0) is 62.5 Å². The lowest BCUT2D eigenvalue weighted by Crippen LogP contribution is -2.21. The summed E-state index contributed by atoms with van der Waals surface area (Å²) in [6.07, 6.45) is 1.59. The van der Waals surface area contributed by atoms with Crippen molar-refractivity contribution >= 4 is 47.3 Å². The van der Waals surface area contributed by atoms with Gasteiger partial charge in [-0.25, -0.2) is 5.10 Å². The van der Waals surface area contributed by atoms with E-state index in [-0.39, 0.29) is 0 Å². The summed E-state index contributed by atoms with van der Waals surface area (Å²) in [4.78, 5) is 2.28. The zero-order chi connectivity index (χ0) is 19.4. The average Bonchev–Trinajstić information content (AvgIpc) is 3.04. The van der Waals surface area contributed by atoms with Crippen LogP contribution in [-0.2, 0) is 0 Å². The Kier molecular flexibility index (Phi) is 6.31. The molecule has 27 heavy (non-hydrogen) atoms. The molecule has 0 fully saturated rings. The Balaban J connectivity index is 1.96. The summed E-state index contributed by atoms with van der Waals surface area (Å²) >= 11 is 17.7. The molecule has 2 aromatic carbocycles. The van der Waals surface area contributed by atoms with Gasteiger partial charge in [0.25, 0.3) is 0 Å². The molecule has 3 rings (SSSR count). The van der Waals surface area contributed by atoms with Gasteiger partial charge in [0.05, 0.1) is 16.3 Å². The quantitative estimate of drug-likeness (QED) is 0.415. The van der Waals surface area contributed by atoms with E-state index >= 15 is 0 Å². The fourth-order valence-corrected chi connectivity index (χ4v) is 3.42. The minimum absolute atomic E-state index is 0.386. The van der Waals surface area contributed by atoms with Gasteiger partial charge in [0.15, 0.2) is 5.82 Å². The van der Waals surface area contributed by atoms with Gasteiger partial charge in [-0.2, -0.15) is 14.9 Å². The number of anilines is 1. The number of hydrogen-bond donors (Lipinski definition) is 1. The fourth-order valence-electron chi connectivity index (χ4n) is 2.75. The van der Waals surface area contributed by atoms with Crippen LogP contribution in [0.3, 0.4) is 0 Å². The summed E-state index contributed by atoms with van der Waals surface area (Å²) < 4.78 is 1.94. The SMILES string of the molecule is CCN(CC)c1ccc(-c2n[nH]c(=S)n2N=Cc2c(Cl)cccc2Cl)cc1. The predicted octanol–water partition coefficient (Wildman–Crippen LogP) is 5.64. The van der Waals surface area contributed by atoms with Crippen LogP contribution in [0.1, 0.15) is 19.4 Å². The first-order valence-corrected chi connectivity index (χ1v) is 9.72. The van der Waals surface area contributed by atoms with Crippen LogP contribution in [0.15, 0.2) is 47.6 Å². The Morgan fingerprint density at radius 3 is 2.33 bits per heavy atom. The lowest BCUT2D eigenvalue weighted by molar-refractivity contribution is 0.864. The molecule has 0 amide bonds. The number of H-pyrrole nitrogens is 1. The number of nitrogens with one attached hydrogen (secondary N) is 1. The Bertz CT molecular complexity index is 983. The van der Waals surface area contributed by atoms with Crippen molar-refractivity contribution in [3.05, 3.63) is 62.8 Å². The predicted molar refractivity (Wildman–Crippen MR) is 116 cm³/mol. The molecule has 0 saturated carbocycles. The largest absolute Gasteiger partial charge is 0.372 e. The highest BCUT2D eigenvalue weighted by atomic mass is 35.5. The lowest BCUT2D eigenvalue weighted by Gasteiger charge is -2.21. The van der Waals surface area contributed by atoms with Crippen molar-refractivity contribution in [3.63, 3.8) is 0 Å². The molecule has 0 saturated heterocycles. The molecular weight excluding hydrogens is 401 g/mol. The number of rotatable bonds is 6. The molecule has 0 spiro atoms. The van der Waals surface area contributed by atoms with E-state index in [4.69, 9.17) is 35.4 Å². The Morgan fingerprint density at radius 2 is 1.74 bits per heavy atom. The summed E-state index contributed by atoms with van der Waals surface area (Å²) in [7, 11) is 0. The highest BCUT2D eigenvalue weighted by molar-refractivity contribution is 7.71. The highest BCUT2D eigenvalue weighted by Crippen LogP contribution is 2.24. The molecule has 3 aromatic rings. The summed E-state index contributed by atoms with van der Waals surface area (Å²) in [5.74, 6) is 0.616. The first kappa shape index (κ1) is 19.6. The van der Waals surface area contributed by atoms with Gasteiger partial charge in [-0.15, -0.1) is 0 Å². The van der Waals surface area contributed by atoms with Crippen molar-refractivity contribution in [1.29, 1.82) is 0 Å². The van der Waals surface area contributed by atoms with Crippen LogP contribution in [0.4, 0.5) is 5.69 Å². The molecule has 1 heterocycles. The van der Waals surface area contributed by atoms with Gasteiger partial charge in [-0.1, -0.05) is 29.3 Å². The van der Waals surface area contributed by atoms with Gasteiger partial charge in [0.2, 0.25) is 4.77 Å².